The summed E-state index contributed by atoms with van der Waals surface area (Å²) in [6.45, 7) is -0.627. The highest BCUT2D eigenvalue weighted by molar-refractivity contribution is 5.88. The van der Waals surface area contributed by atoms with Gasteiger partial charge in [0.15, 0.2) is 0 Å². The van der Waals surface area contributed by atoms with Crippen molar-refractivity contribution < 1.29 is 49.6 Å². The van der Waals surface area contributed by atoms with Crippen molar-refractivity contribution in [3.8, 4) is 34.3 Å². The third kappa shape index (κ3) is 3.94. The third-order valence-corrected chi connectivity index (χ3v) is 5.04. The molecule has 4 rings (SSSR count). The van der Waals surface area contributed by atoms with Gasteiger partial charge in [0.05, 0.1) is 18.2 Å². The summed E-state index contributed by atoms with van der Waals surface area (Å²) in [5.41, 5.74) is 0.573. The van der Waals surface area contributed by atoms with Gasteiger partial charge in [-0.1, -0.05) is 0 Å². The van der Waals surface area contributed by atoms with Crippen molar-refractivity contribution in [2.24, 2.45) is 0 Å². The zero-order valence-corrected chi connectivity index (χ0v) is 16.0. The molecular formula is C21H21O10+. The Balaban J connectivity index is 1.81. The summed E-state index contributed by atoms with van der Waals surface area (Å²) in [6, 6.07) is 9.66. The lowest BCUT2D eigenvalue weighted by molar-refractivity contribution is -0.277. The van der Waals surface area contributed by atoms with Gasteiger partial charge in [-0.3, -0.25) is 0 Å². The highest BCUT2D eigenvalue weighted by Gasteiger charge is 2.45. The van der Waals surface area contributed by atoms with Gasteiger partial charge in [0, 0.05) is 12.1 Å². The van der Waals surface area contributed by atoms with Crippen LogP contribution in [0.25, 0.3) is 22.3 Å². The Bertz CT molecular complexity index is 1080. The standard InChI is InChI=1S/C21H20O10/c22-8-16-17(26)18(27)19(28)21(31-16)30-15-7-12-13(25)5-11(24)6-14(12)29-20(15)9-1-3-10(23)4-2-9/h1-7,16-19,21-22,26-28H,8H2,(H2-,23,24,25)/p+1/t16-,17+,18+,19-,21+/m0/s1. The molecule has 0 radical (unpaired) electrons. The second kappa shape index (κ2) is 8.17. The first-order valence-electron chi connectivity index (χ1n) is 9.38. The third-order valence-electron chi connectivity index (χ3n) is 5.04. The van der Waals surface area contributed by atoms with Crippen LogP contribution >= 0.6 is 0 Å². The number of rotatable bonds is 4. The molecule has 1 aromatic heterocycles. The second-order valence-corrected chi connectivity index (χ2v) is 7.18. The van der Waals surface area contributed by atoms with E-state index in [4.69, 9.17) is 13.9 Å². The molecule has 1 aliphatic heterocycles. The van der Waals surface area contributed by atoms with E-state index in [-0.39, 0.29) is 39.7 Å². The molecule has 7 N–H and O–H groups in total. The van der Waals surface area contributed by atoms with E-state index < -0.39 is 37.3 Å². The number of aliphatic hydroxyl groups is 4. The van der Waals surface area contributed by atoms with E-state index in [1.807, 2.05) is 0 Å². The van der Waals surface area contributed by atoms with Crippen molar-refractivity contribution in [1.82, 2.24) is 0 Å². The lowest BCUT2D eigenvalue weighted by atomic mass is 9.99. The zero-order valence-electron chi connectivity index (χ0n) is 16.0. The molecule has 10 nitrogen and oxygen atoms in total. The molecule has 0 unspecified atom stereocenters. The lowest BCUT2D eigenvalue weighted by Crippen LogP contribution is -2.60. The largest absolute Gasteiger partial charge is 0.508 e. The van der Waals surface area contributed by atoms with Gasteiger partial charge in [0.2, 0.25) is 12.0 Å². The first-order valence-corrected chi connectivity index (χ1v) is 9.38. The molecule has 1 fully saturated rings. The molecule has 1 saturated heterocycles. The molecule has 10 heteroatoms. The Morgan fingerprint density at radius 1 is 0.871 bits per heavy atom. The van der Waals surface area contributed by atoms with E-state index in [9.17, 15) is 35.7 Å². The van der Waals surface area contributed by atoms with Crippen molar-refractivity contribution in [2.75, 3.05) is 6.61 Å². The predicted octanol–water partition coefficient (Wildman–Crippen LogP) is 0.676. The van der Waals surface area contributed by atoms with Gasteiger partial charge in [-0.25, -0.2) is 4.42 Å². The number of aliphatic hydroxyl groups excluding tert-OH is 4. The molecule has 0 amide bonds. The average Bonchev–Trinajstić information content (AvgIpc) is 2.74. The summed E-state index contributed by atoms with van der Waals surface area (Å²) in [5.74, 6) is -0.420. The van der Waals surface area contributed by atoms with E-state index in [2.05, 4.69) is 0 Å². The molecule has 0 bridgehead atoms. The highest BCUT2D eigenvalue weighted by atomic mass is 16.7. The quantitative estimate of drug-likeness (QED) is 0.290. The Kier molecular flexibility index (Phi) is 5.56. The highest BCUT2D eigenvalue weighted by Crippen LogP contribution is 2.40. The van der Waals surface area contributed by atoms with Crippen LogP contribution < -0.4 is 4.74 Å². The molecule has 0 saturated carbocycles. The maximum Gasteiger partial charge on any atom is 0.402 e. The second-order valence-electron chi connectivity index (χ2n) is 7.18. The number of phenolic OH excluding ortho intramolecular Hbond substituents is 3. The van der Waals surface area contributed by atoms with Gasteiger partial charge >= 0.3 is 11.3 Å². The van der Waals surface area contributed by atoms with Crippen LogP contribution in [0.3, 0.4) is 0 Å². The van der Waals surface area contributed by atoms with E-state index in [1.165, 1.54) is 36.4 Å². The monoisotopic (exact) mass is 433 g/mol. The normalized spacial score (nSPS) is 26.1. The zero-order chi connectivity index (χ0) is 22.3. The van der Waals surface area contributed by atoms with Crippen molar-refractivity contribution in [3.05, 3.63) is 42.5 Å². The fourth-order valence-electron chi connectivity index (χ4n) is 3.38. The van der Waals surface area contributed by atoms with Crippen LogP contribution in [0, 0.1) is 0 Å². The molecule has 164 valence electrons. The topological polar surface area (TPSA) is 171 Å². The van der Waals surface area contributed by atoms with Crippen LogP contribution in [0.2, 0.25) is 0 Å². The van der Waals surface area contributed by atoms with E-state index in [0.29, 0.717) is 5.56 Å². The minimum absolute atomic E-state index is 0.0104. The van der Waals surface area contributed by atoms with Crippen molar-refractivity contribution in [3.63, 3.8) is 0 Å². The smallest absolute Gasteiger partial charge is 0.402 e. The SMILES string of the molecule is OC[C@@H]1O[C@@H](Oc2cc3c(O)cc(O)cc3[o+]c2-c2ccc(O)cc2)[C@@H](O)[C@H](O)[C@@H]1O. The van der Waals surface area contributed by atoms with Crippen LogP contribution in [0.1, 0.15) is 0 Å². The molecule has 3 aromatic rings. The van der Waals surface area contributed by atoms with Crippen LogP contribution in [0.4, 0.5) is 0 Å². The number of fused-ring (bicyclic) bond motifs is 1. The molecular weight excluding hydrogens is 412 g/mol. The number of hydrogen-bond donors (Lipinski definition) is 7. The number of aromatic hydroxyl groups is 3. The predicted molar refractivity (Wildman–Crippen MR) is 105 cm³/mol. The summed E-state index contributed by atoms with van der Waals surface area (Å²) < 4.78 is 17.0. The van der Waals surface area contributed by atoms with Crippen LogP contribution in [-0.2, 0) is 4.74 Å². The van der Waals surface area contributed by atoms with Gasteiger partial charge in [0.1, 0.15) is 47.1 Å². The van der Waals surface area contributed by atoms with Gasteiger partial charge < -0.3 is 45.2 Å². The maximum atomic E-state index is 10.3. The fraction of sp³-hybridized carbons (Fsp3) is 0.286. The molecule has 2 aromatic carbocycles. The number of benzene rings is 2. The van der Waals surface area contributed by atoms with Crippen molar-refractivity contribution in [2.45, 2.75) is 30.7 Å². The van der Waals surface area contributed by atoms with Crippen LogP contribution in [0.5, 0.6) is 23.0 Å². The lowest BCUT2D eigenvalue weighted by Gasteiger charge is -2.39. The summed E-state index contributed by atoms with van der Waals surface area (Å²) in [4.78, 5) is 0. The van der Waals surface area contributed by atoms with Gasteiger partial charge in [-0.2, -0.15) is 0 Å². The summed E-state index contributed by atoms with van der Waals surface area (Å²) in [7, 11) is 0. The van der Waals surface area contributed by atoms with Crippen LogP contribution in [-0.4, -0.2) is 73.1 Å². The summed E-state index contributed by atoms with van der Waals surface area (Å²) in [5, 5.41) is 69.4. The van der Waals surface area contributed by atoms with E-state index in [1.54, 1.807) is 0 Å². The summed E-state index contributed by atoms with van der Waals surface area (Å²) >= 11 is 0. The maximum absolute atomic E-state index is 10.3. The molecule has 0 aliphatic carbocycles. The average molecular weight is 433 g/mol. The number of ether oxygens (including phenoxy) is 2. The van der Waals surface area contributed by atoms with Gasteiger partial charge in [0.25, 0.3) is 0 Å². The molecule has 1 aliphatic rings. The minimum atomic E-state index is -1.66. The first kappa shape index (κ1) is 21.1. The molecule has 2 heterocycles. The first-order chi connectivity index (χ1) is 14.8. The summed E-state index contributed by atoms with van der Waals surface area (Å²) in [6.07, 6.45) is -7.52. The Hall–Kier alpha value is -3.15. The number of phenols is 3. The van der Waals surface area contributed by atoms with Crippen LogP contribution in [0.15, 0.2) is 46.9 Å². The molecule has 5 atom stereocenters. The molecule has 0 spiro atoms. The fourth-order valence-corrected chi connectivity index (χ4v) is 3.38. The Morgan fingerprint density at radius 3 is 2.26 bits per heavy atom. The van der Waals surface area contributed by atoms with Gasteiger partial charge in [-0.05, 0) is 24.3 Å². The Labute approximate surface area is 175 Å². The van der Waals surface area contributed by atoms with E-state index in [0.717, 1.165) is 6.07 Å². The number of hydrogen-bond acceptors (Lipinski definition) is 9. The Morgan fingerprint density at radius 2 is 1.58 bits per heavy atom. The molecule has 31 heavy (non-hydrogen) atoms. The van der Waals surface area contributed by atoms with E-state index >= 15 is 0 Å². The minimum Gasteiger partial charge on any atom is -0.508 e. The van der Waals surface area contributed by atoms with Gasteiger partial charge in [-0.15, -0.1) is 0 Å². The van der Waals surface area contributed by atoms with Crippen molar-refractivity contribution >= 4 is 11.0 Å². The van der Waals surface area contributed by atoms with Crippen molar-refractivity contribution in [1.29, 1.82) is 0 Å².